The maximum absolute atomic E-state index is 6.00. The number of anilines is 1. The molecule has 1 aromatic heterocycles. The topological polar surface area (TPSA) is 47.0 Å². The van der Waals surface area contributed by atoms with Crippen molar-refractivity contribution in [2.75, 3.05) is 18.3 Å². The Labute approximate surface area is 117 Å². The van der Waals surface area contributed by atoms with Crippen molar-refractivity contribution in [2.24, 2.45) is 0 Å². The molecule has 5 heteroatoms. The minimum atomic E-state index is 0.102. The van der Waals surface area contributed by atoms with Gasteiger partial charge in [-0.25, -0.2) is 0 Å². The fraction of sp³-hybridized carbons (Fsp3) is 0.286. The molecule has 0 amide bonds. The maximum Gasteiger partial charge on any atom is 0.233 e. The van der Waals surface area contributed by atoms with E-state index in [1.54, 1.807) is 19.5 Å². The first-order valence-electron chi connectivity index (χ1n) is 6.04. The van der Waals surface area contributed by atoms with Crippen LogP contribution in [0, 0.1) is 0 Å². The third-order valence-corrected chi connectivity index (χ3v) is 3.06. The summed E-state index contributed by atoms with van der Waals surface area (Å²) in [6.45, 7) is 0. The molecule has 0 radical (unpaired) electrons. The minimum absolute atomic E-state index is 0.102. The normalized spacial score (nSPS) is 11.9. The van der Waals surface area contributed by atoms with Crippen LogP contribution < -0.4 is 10.1 Å². The highest BCUT2D eigenvalue weighted by Crippen LogP contribution is 2.12. The molecule has 2 rings (SSSR count). The number of hydrogen-bond donors (Lipinski definition) is 1. The SMILES string of the molecule is COc1cncc(NC(CCl)Cc2ccccc2)n1. The average molecular weight is 278 g/mol. The number of hydrogen-bond acceptors (Lipinski definition) is 4. The first kappa shape index (κ1) is 13.6. The number of alkyl halides is 1. The van der Waals surface area contributed by atoms with Gasteiger partial charge in [-0.1, -0.05) is 30.3 Å². The maximum atomic E-state index is 6.00. The molecule has 100 valence electrons. The summed E-state index contributed by atoms with van der Waals surface area (Å²) in [6, 6.07) is 10.3. The van der Waals surface area contributed by atoms with Gasteiger partial charge in [0, 0.05) is 11.9 Å². The van der Waals surface area contributed by atoms with Gasteiger partial charge in [0.15, 0.2) is 0 Å². The molecule has 2 aromatic rings. The summed E-state index contributed by atoms with van der Waals surface area (Å²) in [4.78, 5) is 8.32. The van der Waals surface area contributed by atoms with Crippen LogP contribution in [0.4, 0.5) is 5.82 Å². The molecule has 0 aliphatic carbocycles. The Morgan fingerprint density at radius 3 is 2.74 bits per heavy atom. The summed E-state index contributed by atoms with van der Waals surface area (Å²) in [7, 11) is 1.57. The molecule has 1 atom stereocenters. The Morgan fingerprint density at radius 2 is 2.05 bits per heavy atom. The van der Waals surface area contributed by atoms with Gasteiger partial charge in [0.1, 0.15) is 5.82 Å². The van der Waals surface area contributed by atoms with Crippen LogP contribution in [-0.4, -0.2) is 29.0 Å². The van der Waals surface area contributed by atoms with E-state index in [1.165, 1.54) is 5.56 Å². The molecule has 0 spiro atoms. The molecule has 0 bridgehead atoms. The number of nitrogens with one attached hydrogen (secondary N) is 1. The van der Waals surface area contributed by atoms with E-state index in [1.807, 2.05) is 18.2 Å². The zero-order valence-electron chi connectivity index (χ0n) is 10.7. The number of aromatic nitrogens is 2. The van der Waals surface area contributed by atoms with E-state index >= 15 is 0 Å². The van der Waals surface area contributed by atoms with E-state index in [4.69, 9.17) is 16.3 Å². The molecule has 1 unspecified atom stereocenters. The summed E-state index contributed by atoms with van der Waals surface area (Å²) < 4.78 is 5.04. The van der Waals surface area contributed by atoms with Crippen LogP contribution in [0.25, 0.3) is 0 Å². The monoisotopic (exact) mass is 277 g/mol. The van der Waals surface area contributed by atoms with Gasteiger partial charge in [0.25, 0.3) is 0 Å². The molecule has 1 aromatic carbocycles. The van der Waals surface area contributed by atoms with Crippen molar-refractivity contribution < 1.29 is 4.74 Å². The molecule has 4 nitrogen and oxygen atoms in total. The highest BCUT2D eigenvalue weighted by atomic mass is 35.5. The summed E-state index contributed by atoms with van der Waals surface area (Å²) in [5.74, 6) is 1.65. The fourth-order valence-electron chi connectivity index (χ4n) is 1.77. The van der Waals surface area contributed by atoms with Crippen LogP contribution in [0.1, 0.15) is 5.56 Å². The largest absolute Gasteiger partial charge is 0.480 e. The fourth-order valence-corrected chi connectivity index (χ4v) is 1.95. The Balaban J connectivity index is 2.02. The average Bonchev–Trinajstić information content (AvgIpc) is 2.48. The molecule has 1 heterocycles. The van der Waals surface area contributed by atoms with Crippen molar-refractivity contribution in [2.45, 2.75) is 12.5 Å². The molecule has 0 aliphatic heterocycles. The van der Waals surface area contributed by atoms with Crippen LogP contribution >= 0.6 is 11.6 Å². The van der Waals surface area contributed by atoms with Gasteiger partial charge >= 0.3 is 0 Å². The van der Waals surface area contributed by atoms with Gasteiger partial charge in [0.2, 0.25) is 5.88 Å². The molecular formula is C14H16ClN3O. The lowest BCUT2D eigenvalue weighted by Gasteiger charge is -2.16. The van der Waals surface area contributed by atoms with Crippen molar-refractivity contribution in [3.8, 4) is 5.88 Å². The molecule has 0 aliphatic rings. The molecule has 0 fully saturated rings. The lowest BCUT2D eigenvalue weighted by atomic mass is 10.1. The van der Waals surface area contributed by atoms with Gasteiger partial charge in [0.05, 0.1) is 19.5 Å². The second kappa shape index (κ2) is 6.95. The minimum Gasteiger partial charge on any atom is -0.480 e. The lowest BCUT2D eigenvalue weighted by Crippen LogP contribution is -2.24. The molecule has 0 saturated heterocycles. The number of methoxy groups -OCH3 is 1. The van der Waals surface area contributed by atoms with E-state index in [0.717, 1.165) is 6.42 Å². The van der Waals surface area contributed by atoms with Gasteiger partial charge in [-0.15, -0.1) is 11.6 Å². The van der Waals surface area contributed by atoms with Gasteiger partial charge < -0.3 is 10.1 Å². The predicted octanol–water partition coefficient (Wildman–Crippen LogP) is 2.75. The van der Waals surface area contributed by atoms with Crippen molar-refractivity contribution in [3.05, 3.63) is 48.3 Å². The summed E-state index contributed by atoms with van der Waals surface area (Å²) >= 11 is 6.00. The number of rotatable bonds is 6. The molecule has 19 heavy (non-hydrogen) atoms. The third kappa shape index (κ3) is 4.10. The van der Waals surface area contributed by atoms with Gasteiger partial charge in [-0.05, 0) is 12.0 Å². The van der Waals surface area contributed by atoms with Crippen LogP contribution in [-0.2, 0) is 6.42 Å². The van der Waals surface area contributed by atoms with Crippen LogP contribution in [0.15, 0.2) is 42.7 Å². The summed E-state index contributed by atoms with van der Waals surface area (Å²) in [6.07, 6.45) is 4.06. The van der Waals surface area contributed by atoms with E-state index < -0.39 is 0 Å². The van der Waals surface area contributed by atoms with Gasteiger partial charge in [-0.3, -0.25) is 4.98 Å². The lowest BCUT2D eigenvalue weighted by molar-refractivity contribution is 0.396. The Bertz CT molecular complexity index is 507. The highest BCUT2D eigenvalue weighted by Gasteiger charge is 2.09. The highest BCUT2D eigenvalue weighted by molar-refractivity contribution is 6.18. The van der Waals surface area contributed by atoms with Crippen LogP contribution in [0.2, 0.25) is 0 Å². The second-order valence-electron chi connectivity index (χ2n) is 4.13. The third-order valence-electron chi connectivity index (χ3n) is 2.68. The van der Waals surface area contributed by atoms with Crippen molar-refractivity contribution in [1.82, 2.24) is 9.97 Å². The van der Waals surface area contributed by atoms with E-state index in [9.17, 15) is 0 Å². The quantitative estimate of drug-likeness (QED) is 0.825. The van der Waals surface area contributed by atoms with E-state index in [2.05, 4.69) is 27.4 Å². The standard InChI is InChI=1S/C14H16ClN3O/c1-19-14-10-16-9-13(18-14)17-12(8-15)7-11-5-3-2-4-6-11/h2-6,9-10,12H,7-8H2,1H3,(H,17,18). The van der Waals surface area contributed by atoms with E-state index in [0.29, 0.717) is 17.6 Å². The van der Waals surface area contributed by atoms with Gasteiger partial charge in [-0.2, -0.15) is 4.98 Å². The number of nitrogens with zero attached hydrogens (tertiary/aromatic N) is 2. The number of benzene rings is 1. The Kier molecular flexibility index (Phi) is 4.98. The van der Waals surface area contributed by atoms with Crippen molar-refractivity contribution in [1.29, 1.82) is 0 Å². The number of ether oxygens (including phenoxy) is 1. The summed E-state index contributed by atoms with van der Waals surface area (Å²) in [5, 5.41) is 3.27. The van der Waals surface area contributed by atoms with Crippen molar-refractivity contribution >= 4 is 17.4 Å². The first-order valence-corrected chi connectivity index (χ1v) is 6.57. The molecule has 0 saturated carbocycles. The van der Waals surface area contributed by atoms with E-state index in [-0.39, 0.29) is 6.04 Å². The van der Waals surface area contributed by atoms with Crippen LogP contribution in [0.5, 0.6) is 5.88 Å². The first-order chi connectivity index (χ1) is 9.31. The number of halogens is 1. The zero-order chi connectivity index (χ0) is 13.5. The molecule has 1 N–H and O–H groups in total. The van der Waals surface area contributed by atoms with Crippen molar-refractivity contribution in [3.63, 3.8) is 0 Å². The Hall–Kier alpha value is -1.81. The summed E-state index contributed by atoms with van der Waals surface area (Å²) in [5.41, 5.74) is 1.23. The van der Waals surface area contributed by atoms with Crippen LogP contribution in [0.3, 0.4) is 0 Å². The zero-order valence-corrected chi connectivity index (χ0v) is 11.5. The Morgan fingerprint density at radius 1 is 1.26 bits per heavy atom. The second-order valence-corrected chi connectivity index (χ2v) is 4.44. The molecular weight excluding hydrogens is 262 g/mol. The predicted molar refractivity (Wildman–Crippen MR) is 76.9 cm³/mol. The smallest absolute Gasteiger partial charge is 0.233 e.